The number of carbonyl (C=O) groups is 2. The van der Waals surface area contributed by atoms with Crippen LogP contribution in [-0.2, 0) is 16.0 Å². The normalized spacial score (nSPS) is 11.7. The molecule has 0 spiro atoms. The van der Waals surface area contributed by atoms with Crippen LogP contribution in [0.25, 0.3) is 10.2 Å². The van der Waals surface area contributed by atoms with Crippen LogP contribution in [0.2, 0.25) is 0 Å². The number of aromatic nitrogens is 3. The fourth-order valence-electron chi connectivity index (χ4n) is 2.45. The molecule has 140 valence electrons. The molecule has 0 saturated heterocycles. The summed E-state index contributed by atoms with van der Waals surface area (Å²) in [6, 6.07) is 5.26. The predicted molar refractivity (Wildman–Crippen MR) is 99.6 cm³/mol. The molecule has 3 rings (SSSR count). The maximum Gasteiger partial charge on any atom is 0.338 e. The van der Waals surface area contributed by atoms with Crippen molar-refractivity contribution in [2.24, 2.45) is 4.99 Å². The van der Waals surface area contributed by atoms with E-state index in [0.717, 1.165) is 10.2 Å². The van der Waals surface area contributed by atoms with Gasteiger partial charge in [-0.2, -0.15) is 4.99 Å². The van der Waals surface area contributed by atoms with Crippen LogP contribution in [0.1, 0.15) is 27.8 Å². The summed E-state index contributed by atoms with van der Waals surface area (Å²) < 4.78 is 12.9. The highest BCUT2D eigenvalue weighted by atomic mass is 32.1. The van der Waals surface area contributed by atoms with Gasteiger partial charge < -0.3 is 14.0 Å². The van der Waals surface area contributed by atoms with E-state index in [1.54, 1.807) is 26.2 Å². The second-order valence-corrected chi connectivity index (χ2v) is 6.45. The van der Waals surface area contributed by atoms with Gasteiger partial charge in [-0.15, -0.1) is 0 Å². The number of hydrogen-bond donors (Lipinski definition) is 0. The lowest BCUT2D eigenvalue weighted by molar-refractivity contribution is 0.0526. The Labute approximate surface area is 159 Å². The molecule has 0 unspecified atom stereocenters. The average molecular weight is 386 g/mol. The molecular formula is C18H18N4O4S. The van der Waals surface area contributed by atoms with Crippen LogP contribution in [0, 0.1) is 0 Å². The number of nitrogens with zero attached hydrogens (tertiary/aromatic N) is 4. The van der Waals surface area contributed by atoms with E-state index in [0.29, 0.717) is 30.1 Å². The number of fused-ring (bicyclic) bond motifs is 1. The first-order valence-electron chi connectivity index (χ1n) is 8.28. The molecule has 2 aromatic heterocycles. The molecule has 27 heavy (non-hydrogen) atoms. The van der Waals surface area contributed by atoms with Crippen molar-refractivity contribution in [3.8, 4) is 0 Å². The van der Waals surface area contributed by atoms with Crippen molar-refractivity contribution >= 4 is 33.4 Å². The summed E-state index contributed by atoms with van der Waals surface area (Å²) in [5.41, 5.74) is 1.48. The van der Waals surface area contributed by atoms with E-state index in [-0.39, 0.29) is 11.7 Å². The molecule has 9 heteroatoms. The number of benzene rings is 1. The maximum atomic E-state index is 12.4. The SMILES string of the molecule is CCOC(=O)c1ccc2c(c1)sc(=NC(=O)c1cnccn1)n2CCOC. The standard InChI is InChI=1S/C18H18N4O4S/c1-3-26-17(24)12-4-5-14-15(10-12)27-18(22(14)8-9-25-2)21-16(23)13-11-19-6-7-20-13/h4-7,10-11H,3,8-9H2,1-2H3. The number of ether oxygens (including phenoxy) is 2. The minimum Gasteiger partial charge on any atom is -0.462 e. The quantitative estimate of drug-likeness (QED) is 0.602. The molecule has 0 radical (unpaired) electrons. The third-order valence-corrected chi connectivity index (χ3v) is 4.73. The summed E-state index contributed by atoms with van der Waals surface area (Å²) in [4.78, 5) is 36.9. The maximum absolute atomic E-state index is 12.4. The molecule has 0 bridgehead atoms. The van der Waals surface area contributed by atoms with Gasteiger partial charge >= 0.3 is 5.97 Å². The molecule has 0 aliphatic carbocycles. The second-order valence-electron chi connectivity index (χ2n) is 5.44. The van der Waals surface area contributed by atoms with Gasteiger partial charge in [0.05, 0.1) is 35.2 Å². The number of hydrogen-bond acceptors (Lipinski definition) is 7. The molecule has 2 heterocycles. The highest BCUT2D eigenvalue weighted by Gasteiger charge is 2.13. The van der Waals surface area contributed by atoms with Gasteiger partial charge in [-0.25, -0.2) is 9.78 Å². The number of carbonyl (C=O) groups excluding carboxylic acids is 2. The van der Waals surface area contributed by atoms with Crippen LogP contribution in [0.3, 0.4) is 0 Å². The lowest BCUT2D eigenvalue weighted by Crippen LogP contribution is -2.19. The first-order chi connectivity index (χ1) is 13.1. The molecule has 1 aromatic carbocycles. The summed E-state index contributed by atoms with van der Waals surface area (Å²) in [5, 5.41) is 0. The summed E-state index contributed by atoms with van der Waals surface area (Å²) in [5.74, 6) is -0.864. The monoisotopic (exact) mass is 386 g/mol. The number of esters is 1. The summed E-state index contributed by atoms with van der Waals surface area (Å²) in [6.45, 7) is 3.04. The molecule has 1 amide bonds. The van der Waals surface area contributed by atoms with Gasteiger partial charge in [0.25, 0.3) is 5.91 Å². The molecule has 0 atom stereocenters. The molecule has 0 N–H and O–H groups in total. The smallest absolute Gasteiger partial charge is 0.338 e. The molecule has 0 aliphatic rings. The Kier molecular flexibility index (Phi) is 6.05. The van der Waals surface area contributed by atoms with Crippen LogP contribution in [0.15, 0.2) is 41.8 Å². The van der Waals surface area contributed by atoms with E-state index in [2.05, 4.69) is 15.0 Å². The van der Waals surface area contributed by atoms with Crippen LogP contribution < -0.4 is 4.80 Å². The third-order valence-electron chi connectivity index (χ3n) is 3.69. The van der Waals surface area contributed by atoms with Gasteiger partial charge in [-0.05, 0) is 25.1 Å². The Morgan fingerprint density at radius 1 is 1.30 bits per heavy atom. The second kappa shape index (κ2) is 8.65. The van der Waals surface area contributed by atoms with Gasteiger partial charge in [0, 0.05) is 26.0 Å². The van der Waals surface area contributed by atoms with Gasteiger partial charge in [0.2, 0.25) is 0 Å². The Bertz CT molecular complexity index is 1030. The molecule has 3 aromatic rings. The Hall–Kier alpha value is -2.91. The van der Waals surface area contributed by atoms with Crippen molar-refractivity contribution in [2.75, 3.05) is 20.3 Å². The zero-order valence-electron chi connectivity index (χ0n) is 14.9. The molecule has 0 fully saturated rings. The summed E-state index contributed by atoms with van der Waals surface area (Å²) in [7, 11) is 1.61. The number of thiazole rings is 1. The average Bonchev–Trinajstić information content (AvgIpc) is 3.03. The number of amides is 1. The van der Waals surface area contributed by atoms with E-state index >= 15 is 0 Å². The number of rotatable bonds is 6. The van der Waals surface area contributed by atoms with Crippen molar-refractivity contribution in [3.63, 3.8) is 0 Å². The molecule has 0 aliphatic heterocycles. The first-order valence-corrected chi connectivity index (χ1v) is 9.10. The minimum atomic E-state index is -0.480. The Morgan fingerprint density at radius 2 is 2.15 bits per heavy atom. The Balaban J connectivity index is 2.08. The lowest BCUT2D eigenvalue weighted by Gasteiger charge is -2.05. The largest absolute Gasteiger partial charge is 0.462 e. The topological polar surface area (TPSA) is 95.7 Å². The van der Waals surface area contributed by atoms with Crippen LogP contribution in [0.5, 0.6) is 0 Å². The van der Waals surface area contributed by atoms with Crippen molar-refractivity contribution in [2.45, 2.75) is 13.5 Å². The van der Waals surface area contributed by atoms with E-state index in [4.69, 9.17) is 9.47 Å². The van der Waals surface area contributed by atoms with Gasteiger partial charge in [-0.1, -0.05) is 11.3 Å². The highest BCUT2D eigenvalue weighted by molar-refractivity contribution is 7.16. The van der Waals surface area contributed by atoms with Crippen molar-refractivity contribution in [3.05, 3.63) is 52.8 Å². The first kappa shape index (κ1) is 18.9. The zero-order valence-corrected chi connectivity index (χ0v) is 15.7. The van der Waals surface area contributed by atoms with E-state index in [1.807, 2.05) is 10.6 Å². The summed E-state index contributed by atoms with van der Waals surface area (Å²) >= 11 is 1.31. The van der Waals surface area contributed by atoms with Gasteiger partial charge in [0.1, 0.15) is 5.69 Å². The van der Waals surface area contributed by atoms with Gasteiger partial charge in [0.15, 0.2) is 4.80 Å². The van der Waals surface area contributed by atoms with Crippen LogP contribution in [0.4, 0.5) is 0 Å². The predicted octanol–water partition coefficient (Wildman–Crippen LogP) is 2.06. The van der Waals surface area contributed by atoms with E-state index in [1.165, 1.54) is 29.9 Å². The van der Waals surface area contributed by atoms with E-state index < -0.39 is 5.91 Å². The van der Waals surface area contributed by atoms with Crippen molar-refractivity contribution in [1.29, 1.82) is 0 Å². The molecule has 0 saturated carbocycles. The minimum absolute atomic E-state index is 0.167. The summed E-state index contributed by atoms with van der Waals surface area (Å²) in [6.07, 6.45) is 4.31. The lowest BCUT2D eigenvalue weighted by atomic mass is 10.2. The fraction of sp³-hybridized carbons (Fsp3) is 0.278. The number of methoxy groups -OCH3 is 1. The zero-order chi connectivity index (χ0) is 19.2. The highest BCUT2D eigenvalue weighted by Crippen LogP contribution is 2.20. The van der Waals surface area contributed by atoms with Gasteiger partial charge in [-0.3, -0.25) is 9.78 Å². The third kappa shape index (κ3) is 4.26. The van der Waals surface area contributed by atoms with E-state index in [9.17, 15) is 9.59 Å². The van der Waals surface area contributed by atoms with Crippen molar-refractivity contribution in [1.82, 2.24) is 14.5 Å². The molecular weight excluding hydrogens is 368 g/mol. The Morgan fingerprint density at radius 3 is 2.85 bits per heavy atom. The van der Waals surface area contributed by atoms with Crippen molar-refractivity contribution < 1.29 is 19.1 Å². The van der Waals surface area contributed by atoms with Crippen LogP contribution >= 0.6 is 11.3 Å². The molecule has 8 nitrogen and oxygen atoms in total. The van der Waals surface area contributed by atoms with Crippen LogP contribution in [-0.4, -0.2) is 46.7 Å². The fourth-order valence-corrected chi connectivity index (χ4v) is 3.55.